The van der Waals surface area contributed by atoms with Gasteiger partial charge in [0, 0.05) is 44.7 Å². The number of amides is 1. The van der Waals surface area contributed by atoms with E-state index in [-0.39, 0.29) is 11.8 Å². The number of aromatic nitrogens is 1. The molecule has 2 heterocycles. The van der Waals surface area contributed by atoms with Gasteiger partial charge >= 0.3 is 0 Å². The van der Waals surface area contributed by atoms with E-state index in [2.05, 4.69) is 4.98 Å². The van der Waals surface area contributed by atoms with Crippen molar-refractivity contribution in [2.75, 3.05) is 32.9 Å². The zero-order chi connectivity index (χ0) is 14.8. The first-order valence-electron chi connectivity index (χ1n) is 6.47. The number of carbonyl (C=O) groups excluding carboxylic acids is 1. The molecule has 1 fully saturated rings. The third kappa shape index (κ3) is 3.56. The summed E-state index contributed by atoms with van der Waals surface area (Å²) >= 11 is 1.59. The van der Waals surface area contributed by atoms with Crippen molar-refractivity contribution >= 4 is 27.3 Å². The summed E-state index contributed by atoms with van der Waals surface area (Å²) in [6.45, 7) is 1.19. The number of piperidine rings is 1. The summed E-state index contributed by atoms with van der Waals surface area (Å²) in [6.07, 6.45) is 3.65. The van der Waals surface area contributed by atoms with Gasteiger partial charge in [-0.25, -0.2) is 17.7 Å². The van der Waals surface area contributed by atoms with E-state index in [4.69, 9.17) is 0 Å². The van der Waals surface area contributed by atoms with Gasteiger partial charge in [0.05, 0.1) is 5.01 Å². The van der Waals surface area contributed by atoms with Crippen LogP contribution in [0.2, 0.25) is 0 Å². The van der Waals surface area contributed by atoms with Crippen LogP contribution in [-0.2, 0) is 14.8 Å². The van der Waals surface area contributed by atoms with E-state index in [9.17, 15) is 13.2 Å². The van der Waals surface area contributed by atoms with E-state index in [0.717, 1.165) is 22.2 Å². The standard InChI is InChI=1S/C12H19N3O3S2/c1-14(2)20(17,18)9-11(16)15-6-3-4-10(8-15)12-13-5-7-19-12/h5,7,10H,3-4,6,8-9H2,1-2H3. The predicted molar refractivity (Wildman–Crippen MR) is 78.1 cm³/mol. The normalized spacial score (nSPS) is 20.4. The number of thiazole rings is 1. The molecule has 2 rings (SSSR count). The Morgan fingerprint density at radius 1 is 1.55 bits per heavy atom. The highest BCUT2D eigenvalue weighted by Gasteiger charge is 2.29. The molecule has 0 spiro atoms. The summed E-state index contributed by atoms with van der Waals surface area (Å²) in [4.78, 5) is 18.1. The Morgan fingerprint density at radius 3 is 2.90 bits per heavy atom. The molecule has 0 bridgehead atoms. The van der Waals surface area contributed by atoms with Gasteiger partial charge in [-0.1, -0.05) is 0 Å². The maximum atomic E-state index is 12.1. The lowest BCUT2D eigenvalue weighted by molar-refractivity contribution is -0.129. The largest absolute Gasteiger partial charge is 0.341 e. The first-order chi connectivity index (χ1) is 9.40. The molecule has 0 radical (unpaired) electrons. The van der Waals surface area contributed by atoms with Crippen LogP contribution >= 0.6 is 11.3 Å². The summed E-state index contributed by atoms with van der Waals surface area (Å²) in [5.41, 5.74) is 0. The number of likely N-dealkylation sites (tertiary alicyclic amines) is 1. The predicted octanol–water partition coefficient (Wildman–Crippen LogP) is 0.741. The van der Waals surface area contributed by atoms with Crippen LogP contribution in [0.15, 0.2) is 11.6 Å². The van der Waals surface area contributed by atoms with E-state index in [1.165, 1.54) is 14.1 Å². The summed E-state index contributed by atoms with van der Waals surface area (Å²) in [6, 6.07) is 0. The van der Waals surface area contributed by atoms with Crippen LogP contribution in [0.5, 0.6) is 0 Å². The van der Waals surface area contributed by atoms with E-state index < -0.39 is 15.8 Å². The van der Waals surface area contributed by atoms with Crippen molar-refractivity contribution in [3.05, 3.63) is 16.6 Å². The number of sulfonamides is 1. The van der Waals surface area contributed by atoms with E-state index in [1.807, 2.05) is 5.38 Å². The van der Waals surface area contributed by atoms with Gasteiger partial charge in [0.1, 0.15) is 5.75 Å². The second-order valence-corrected chi connectivity index (χ2v) is 8.20. The summed E-state index contributed by atoms with van der Waals surface area (Å²) in [5.74, 6) is -0.542. The lowest BCUT2D eigenvalue weighted by atomic mass is 9.99. The Hall–Kier alpha value is -0.990. The van der Waals surface area contributed by atoms with Gasteiger partial charge in [-0.15, -0.1) is 11.3 Å². The Kier molecular flexibility index (Phi) is 4.77. The third-order valence-electron chi connectivity index (χ3n) is 3.44. The highest BCUT2D eigenvalue weighted by atomic mass is 32.2. The molecule has 1 atom stereocenters. The minimum Gasteiger partial charge on any atom is -0.341 e. The van der Waals surface area contributed by atoms with E-state index >= 15 is 0 Å². The molecule has 1 saturated heterocycles. The molecule has 1 aliphatic rings. The van der Waals surface area contributed by atoms with Crippen LogP contribution in [0, 0.1) is 0 Å². The highest BCUT2D eigenvalue weighted by Crippen LogP contribution is 2.28. The summed E-state index contributed by atoms with van der Waals surface area (Å²) in [7, 11) is -0.606. The molecule has 112 valence electrons. The maximum Gasteiger partial charge on any atom is 0.239 e. The van der Waals surface area contributed by atoms with Gasteiger partial charge in [0.25, 0.3) is 0 Å². The number of rotatable bonds is 4. The maximum absolute atomic E-state index is 12.1. The second-order valence-electron chi connectivity index (χ2n) is 5.09. The number of hydrogen-bond acceptors (Lipinski definition) is 5. The molecule has 6 nitrogen and oxygen atoms in total. The molecule has 0 saturated carbocycles. The lowest BCUT2D eigenvalue weighted by Crippen LogP contribution is -2.43. The average molecular weight is 317 g/mol. The van der Waals surface area contributed by atoms with Gasteiger partial charge in [0.15, 0.2) is 0 Å². The zero-order valence-corrected chi connectivity index (χ0v) is 13.3. The molecule has 20 heavy (non-hydrogen) atoms. The van der Waals surface area contributed by atoms with E-state index in [1.54, 1.807) is 22.4 Å². The van der Waals surface area contributed by atoms with Crippen LogP contribution in [0.1, 0.15) is 23.8 Å². The van der Waals surface area contributed by atoms with Gasteiger partial charge in [0.2, 0.25) is 15.9 Å². The number of hydrogen-bond donors (Lipinski definition) is 0. The van der Waals surface area contributed by atoms with Crippen molar-refractivity contribution in [1.29, 1.82) is 0 Å². The zero-order valence-electron chi connectivity index (χ0n) is 11.7. The quantitative estimate of drug-likeness (QED) is 0.821. The average Bonchev–Trinajstić information content (AvgIpc) is 2.92. The molecular formula is C12H19N3O3S2. The Bertz CT molecular complexity index is 555. The van der Waals surface area contributed by atoms with Crippen molar-refractivity contribution in [2.24, 2.45) is 0 Å². The van der Waals surface area contributed by atoms with Crippen LogP contribution in [0.25, 0.3) is 0 Å². The molecule has 1 unspecified atom stereocenters. The van der Waals surface area contributed by atoms with Gasteiger partial charge in [-0.3, -0.25) is 4.79 Å². The lowest BCUT2D eigenvalue weighted by Gasteiger charge is -2.32. The molecule has 1 aromatic heterocycles. The molecular weight excluding hydrogens is 298 g/mol. The Morgan fingerprint density at radius 2 is 2.30 bits per heavy atom. The van der Waals surface area contributed by atoms with E-state index in [0.29, 0.717) is 13.1 Å². The molecule has 0 aromatic carbocycles. The SMILES string of the molecule is CN(C)S(=O)(=O)CC(=O)N1CCCC(c2nccs2)C1. The van der Waals surface area contributed by atoms with Crippen LogP contribution < -0.4 is 0 Å². The minimum atomic E-state index is -3.49. The smallest absolute Gasteiger partial charge is 0.239 e. The fourth-order valence-electron chi connectivity index (χ4n) is 2.22. The highest BCUT2D eigenvalue weighted by molar-refractivity contribution is 7.89. The van der Waals surface area contributed by atoms with Crippen molar-refractivity contribution in [3.63, 3.8) is 0 Å². The molecule has 0 N–H and O–H groups in total. The monoisotopic (exact) mass is 317 g/mol. The molecule has 1 aliphatic heterocycles. The fraction of sp³-hybridized carbons (Fsp3) is 0.667. The first-order valence-corrected chi connectivity index (χ1v) is 8.96. The first kappa shape index (κ1) is 15.4. The number of nitrogens with zero attached hydrogens (tertiary/aromatic N) is 3. The second kappa shape index (κ2) is 6.19. The van der Waals surface area contributed by atoms with Gasteiger partial charge in [-0.05, 0) is 12.8 Å². The Balaban J connectivity index is 2.00. The van der Waals surface area contributed by atoms with Crippen LogP contribution in [0.3, 0.4) is 0 Å². The molecule has 0 aliphatic carbocycles. The Labute approximate surface area is 123 Å². The van der Waals surface area contributed by atoms with Crippen molar-refractivity contribution in [1.82, 2.24) is 14.2 Å². The van der Waals surface area contributed by atoms with Crippen molar-refractivity contribution < 1.29 is 13.2 Å². The minimum absolute atomic E-state index is 0.231. The molecule has 1 aromatic rings. The van der Waals surface area contributed by atoms with Crippen LogP contribution in [0.4, 0.5) is 0 Å². The summed E-state index contributed by atoms with van der Waals surface area (Å²) < 4.78 is 24.6. The summed E-state index contributed by atoms with van der Waals surface area (Å²) in [5, 5.41) is 2.95. The fourth-order valence-corrected chi connectivity index (χ4v) is 3.74. The van der Waals surface area contributed by atoms with Gasteiger partial charge in [-0.2, -0.15) is 0 Å². The van der Waals surface area contributed by atoms with Crippen molar-refractivity contribution in [2.45, 2.75) is 18.8 Å². The van der Waals surface area contributed by atoms with Crippen LogP contribution in [-0.4, -0.2) is 61.5 Å². The molecule has 1 amide bonds. The molecule has 8 heteroatoms. The number of carbonyl (C=O) groups is 1. The third-order valence-corrected chi connectivity index (χ3v) is 6.10. The topological polar surface area (TPSA) is 70.6 Å². The van der Waals surface area contributed by atoms with Gasteiger partial charge < -0.3 is 4.90 Å². The van der Waals surface area contributed by atoms with Crippen molar-refractivity contribution in [3.8, 4) is 0 Å².